The van der Waals surface area contributed by atoms with Crippen LogP contribution in [0.3, 0.4) is 0 Å². The summed E-state index contributed by atoms with van der Waals surface area (Å²) in [7, 11) is 0. The fourth-order valence-electron chi connectivity index (χ4n) is 2.89. The minimum absolute atomic E-state index is 0.763. The van der Waals surface area contributed by atoms with E-state index in [0.717, 1.165) is 6.04 Å². The highest BCUT2D eigenvalue weighted by atomic mass is 15.2. The molecule has 16 heavy (non-hydrogen) atoms. The predicted molar refractivity (Wildman–Crippen MR) is 68.8 cm³/mol. The number of hydrogen-bond donors (Lipinski definition) is 1. The van der Waals surface area contributed by atoms with Gasteiger partial charge in [-0.1, -0.05) is 6.92 Å². The van der Waals surface area contributed by atoms with Crippen LogP contribution in [0.15, 0.2) is 0 Å². The molecule has 2 saturated heterocycles. The van der Waals surface area contributed by atoms with Gasteiger partial charge in [0.15, 0.2) is 0 Å². The molecule has 3 heteroatoms. The number of nitrogens with zero attached hydrogens (tertiary/aromatic N) is 2. The minimum Gasteiger partial charge on any atom is -0.313 e. The van der Waals surface area contributed by atoms with E-state index in [1.165, 1.54) is 71.5 Å². The minimum atomic E-state index is 0.763. The first-order valence-electron chi connectivity index (χ1n) is 7.06. The van der Waals surface area contributed by atoms with Crippen molar-refractivity contribution in [3.8, 4) is 0 Å². The monoisotopic (exact) mass is 225 g/mol. The molecule has 0 aromatic rings. The van der Waals surface area contributed by atoms with Crippen LogP contribution < -0.4 is 5.32 Å². The molecule has 1 N–H and O–H groups in total. The van der Waals surface area contributed by atoms with Gasteiger partial charge in [-0.15, -0.1) is 0 Å². The molecule has 0 spiro atoms. The highest BCUT2D eigenvalue weighted by molar-refractivity contribution is 4.78. The second-order valence-electron chi connectivity index (χ2n) is 5.24. The number of likely N-dealkylation sites (N-methyl/N-ethyl adjacent to an activating group) is 1. The van der Waals surface area contributed by atoms with Crippen LogP contribution in [-0.4, -0.2) is 61.7 Å². The van der Waals surface area contributed by atoms with E-state index in [1.807, 2.05) is 0 Å². The maximum atomic E-state index is 3.59. The number of likely N-dealkylation sites (tertiary alicyclic amines) is 1. The van der Waals surface area contributed by atoms with E-state index in [2.05, 4.69) is 22.0 Å². The van der Waals surface area contributed by atoms with E-state index in [1.54, 1.807) is 0 Å². The normalized spacial score (nSPS) is 27.0. The van der Waals surface area contributed by atoms with Crippen molar-refractivity contribution in [2.45, 2.75) is 38.6 Å². The third kappa shape index (κ3) is 3.72. The van der Waals surface area contributed by atoms with E-state index >= 15 is 0 Å². The molecule has 0 amide bonds. The van der Waals surface area contributed by atoms with Crippen LogP contribution in [0.25, 0.3) is 0 Å². The molecule has 2 aliphatic rings. The average molecular weight is 225 g/mol. The number of hydrogen-bond acceptors (Lipinski definition) is 3. The van der Waals surface area contributed by atoms with Crippen LogP contribution in [0.4, 0.5) is 0 Å². The van der Waals surface area contributed by atoms with Gasteiger partial charge in [0.25, 0.3) is 0 Å². The van der Waals surface area contributed by atoms with Crippen LogP contribution in [0.2, 0.25) is 0 Å². The van der Waals surface area contributed by atoms with Gasteiger partial charge in [-0.25, -0.2) is 0 Å². The topological polar surface area (TPSA) is 18.5 Å². The van der Waals surface area contributed by atoms with Crippen LogP contribution >= 0.6 is 0 Å². The maximum absolute atomic E-state index is 3.59. The molecule has 94 valence electrons. The summed E-state index contributed by atoms with van der Waals surface area (Å²) < 4.78 is 0. The van der Waals surface area contributed by atoms with E-state index in [9.17, 15) is 0 Å². The number of nitrogens with one attached hydrogen (secondary N) is 1. The quantitative estimate of drug-likeness (QED) is 0.732. The first-order valence-corrected chi connectivity index (χ1v) is 7.06. The third-order valence-electron chi connectivity index (χ3n) is 4.02. The Kier molecular flexibility index (Phi) is 5.07. The van der Waals surface area contributed by atoms with Crippen molar-refractivity contribution in [2.75, 3.05) is 45.8 Å². The lowest BCUT2D eigenvalue weighted by atomic mass is 10.2. The smallest absolute Gasteiger partial charge is 0.0195 e. The van der Waals surface area contributed by atoms with Gasteiger partial charge in [0.2, 0.25) is 0 Å². The zero-order valence-corrected chi connectivity index (χ0v) is 10.7. The van der Waals surface area contributed by atoms with Crippen molar-refractivity contribution in [1.29, 1.82) is 0 Å². The van der Waals surface area contributed by atoms with Gasteiger partial charge in [-0.3, -0.25) is 0 Å². The highest BCUT2D eigenvalue weighted by Crippen LogP contribution is 2.09. The number of rotatable bonds is 6. The van der Waals surface area contributed by atoms with Crippen molar-refractivity contribution >= 4 is 0 Å². The van der Waals surface area contributed by atoms with Crippen molar-refractivity contribution in [2.24, 2.45) is 0 Å². The molecular weight excluding hydrogens is 198 g/mol. The lowest BCUT2D eigenvalue weighted by Gasteiger charge is -2.26. The Balaban J connectivity index is 1.63. The lowest BCUT2D eigenvalue weighted by Crippen LogP contribution is -2.41. The molecule has 0 aromatic carbocycles. The van der Waals surface area contributed by atoms with E-state index < -0.39 is 0 Å². The molecule has 2 rings (SSSR count). The van der Waals surface area contributed by atoms with E-state index in [-0.39, 0.29) is 0 Å². The molecule has 1 atom stereocenters. The second kappa shape index (κ2) is 6.58. The summed E-state index contributed by atoms with van der Waals surface area (Å²) in [5, 5.41) is 3.59. The van der Waals surface area contributed by atoms with Crippen molar-refractivity contribution in [3.63, 3.8) is 0 Å². The molecule has 0 radical (unpaired) electrons. The van der Waals surface area contributed by atoms with Gasteiger partial charge in [0.1, 0.15) is 0 Å². The molecule has 0 bridgehead atoms. The third-order valence-corrected chi connectivity index (χ3v) is 4.02. The first-order chi connectivity index (χ1) is 7.88. The Labute approximate surface area is 100 Å². The van der Waals surface area contributed by atoms with Crippen LogP contribution in [0, 0.1) is 0 Å². The average Bonchev–Trinajstić information content (AvgIpc) is 2.97. The van der Waals surface area contributed by atoms with E-state index in [4.69, 9.17) is 0 Å². The first kappa shape index (κ1) is 12.3. The predicted octanol–water partition coefficient (Wildman–Crippen LogP) is 1.16. The van der Waals surface area contributed by atoms with Gasteiger partial charge in [0, 0.05) is 25.7 Å². The summed E-state index contributed by atoms with van der Waals surface area (Å²) >= 11 is 0. The second-order valence-corrected chi connectivity index (χ2v) is 5.24. The maximum Gasteiger partial charge on any atom is 0.0195 e. The summed E-state index contributed by atoms with van der Waals surface area (Å²) in [5.41, 5.74) is 0. The van der Waals surface area contributed by atoms with Crippen molar-refractivity contribution < 1.29 is 0 Å². The van der Waals surface area contributed by atoms with E-state index in [0.29, 0.717) is 0 Å². The fraction of sp³-hybridized carbons (Fsp3) is 1.00. The Morgan fingerprint density at radius 2 is 2.06 bits per heavy atom. The van der Waals surface area contributed by atoms with Gasteiger partial charge in [-0.2, -0.15) is 0 Å². The summed E-state index contributed by atoms with van der Waals surface area (Å²) in [6, 6.07) is 0.763. The van der Waals surface area contributed by atoms with Crippen molar-refractivity contribution in [3.05, 3.63) is 0 Å². The van der Waals surface area contributed by atoms with Crippen LogP contribution in [0.1, 0.15) is 32.6 Å². The zero-order valence-electron chi connectivity index (χ0n) is 10.7. The van der Waals surface area contributed by atoms with Gasteiger partial charge in [-0.05, 0) is 51.9 Å². The van der Waals surface area contributed by atoms with Crippen molar-refractivity contribution in [1.82, 2.24) is 15.1 Å². The molecule has 0 aliphatic carbocycles. The Bertz CT molecular complexity index is 184. The summed E-state index contributed by atoms with van der Waals surface area (Å²) in [4.78, 5) is 5.23. The molecule has 2 aliphatic heterocycles. The largest absolute Gasteiger partial charge is 0.313 e. The van der Waals surface area contributed by atoms with Gasteiger partial charge < -0.3 is 15.1 Å². The van der Waals surface area contributed by atoms with Gasteiger partial charge >= 0.3 is 0 Å². The molecule has 2 fully saturated rings. The summed E-state index contributed by atoms with van der Waals surface area (Å²) in [6.45, 7) is 11.2. The molecule has 2 heterocycles. The Morgan fingerprint density at radius 3 is 2.69 bits per heavy atom. The highest BCUT2D eigenvalue weighted by Gasteiger charge is 2.18. The Hall–Kier alpha value is -0.120. The molecule has 0 saturated carbocycles. The SMILES string of the molecule is CCN(CCN1CCCC1)CC1CCCN1. The zero-order chi connectivity index (χ0) is 11.2. The standard InChI is InChI=1S/C13H27N3/c1-2-15(12-13-6-5-7-14-13)10-11-16-8-3-4-9-16/h13-14H,2-12H2,1H3. The molecule has 1 unspecified atom stereocenters. The lowest BCUT2D eigenvalue weighted by molar-refractivity contribution is 0.218. The fourth-order valence-corrected chi connectivity index (χ4v) is 2.89. The molecule has 0 aromatic heterocycles. The van der Waals surface area contributed by atoms with Crippen LogP contribution in [-0.2, 0) is 0 Å². The van der Waals surface area contributed by atoms with Crippen LogP contribution in [0.5, 0.6) is 0 Å². The molecule has 3 nitrogen and oxygen atoms in total. The summed E-state index contributed by atoms with van der Waals surface area (Å²) in [5.74, 6) is 0. The molecular formula is C13H27N3. The summed E-state index contributed by atoms with van der Waals surface area (Å²) in [6.07, 6.45) is 5.57. The Morgan fingerprint density at radius 1 is 1.25 bits per heavy atom. The van der Waals surface area contributed by atoms with Gasteiger partial charge in [0.05, 0.1) is 0 Å².